The number of benzene rings is 2. The van der Waals surface area contributed by atoms with E-state index in [-0.39, 0.29) is 35.3 Å². The first-order valence-electron chi connectivity index (χ1n) is 19.9. The number of fused-ring (bicyclic) bond motifs is 6. The first kappa shape index (κ1) is 37.3. The molecule has 0 N–H and O–H groups in total. The molecule has 4 aliphatic rings. The molecule has 2 aromatic carbocycles. The first-order chi connectivity index (χ1) is 24.9. The zero-order valence-electron chi connectivity index (χ0n) is 32.0. The van der Waals surface area contributed by atoms with Crippen molar-refractivity contribution in [2.24, 2.45) is 46.3 Å². The number of aryl methyl sites for hydroxylation is 1. The summed E-state index contributed by atoms with van der Waals surface area (Å²) in [6, 6.07) is 12.2. The molecule has 0 aliphatic heterocycles. The SMILES string of the molecule is Cc1oc2cc(OCC(=O)O[C@H]3CC[C@@]4(C)C(=CC[C@@H]5[C@H]6CC[C@@H]([C@@H](C)CCCC(C)C)[C@]6(C)CC[C@H]54)C3)ccc2c(=O)c1Oc1ccc(Br)cc1. The summed E-state index contributed by atoms with van der Waals surface area (Å²) in [5, 5.41) is 0.378. The van der Waals surface area contributed by atoms with Crippen LogP contribution in [-0.4, -0.2) is 18.7 Å². The molecule has 52 heavy (non-hydrogen) atoms. The predicted molar refractivity (Wildman–Crippen MR) is 210 cm³/mol. The summed E-state index contributed by atoms with van der Waals surface area (Å²) >= 11 is 3.41. The minimum atomic E-state index is -0.369. The largest absolute Gasteiger partial charge is 0.482 e. The summed E-state index contributed by atoms with van der Waals surface area (Å²) in [7, 11) is 0. The molecule has 0 spiro atoms. The highest BCUT2D eigenvalue weighted by molar-refractivity contribution is 9.10. The molecule has 7 heteroatoms. The van der Waals surface area contributed by atoms with E-state index in [0.29, 0.717) is 33.6 Å². The molecule has 3 fully saturated rings. The third-order valence-electron chi connectivity index (χ3n) is 13.9. The molecule has 3 saturated carbocycles. The van der Waals surface area contributed by atoms with Gasteiger partial charge in [-0.05, 0) is 135 Å². The number of hydrogen-bond donors (Lipinski definition) is 0. The van der Waals surface area contributed by atoms with E-state index < -0.39 is 0 Å². The van der Waals surface area contributed by atoms with Crippen LogP contribution in [0.3, 0.4) is 0 Å². The molecular formula is C45H57BrO6. The highest BCUT2D eigenvalue weighted by atomic mass is 79.9. The van der Waals surface area contributed by atoms with Crippen LogP contribution in [0.1, 0.15) is 111 Å². The van der Waals surface area contributed by atoms with E-state index in [2.05, 4.69) is 56.6 Å². The molecule has 6 nitrogen and oxygen atoms in total. The van der Waals surface area contributed by atoms with Gasteiger partial charge in [0, 0.05) is 17.0 Å². The van der Waals surface area contributed by atoms with E-state index >= 15 is 0 Å². The standard InChI is InChI=1S/C45H57BrO6/c1-27(2)8-7-9-28(3)37-18-19-38-35-16-10-30-24-34(20-22-44(30,5)39(35)21-23-45(37,38)6)51-41(47)26-49-33-15-17-36-40(25-33)50-29(4)43(42(36)48)52-32-13-11-31(46)12-14-32/h10-15,17,25,27-28,34-35,37-39H,7-9,16,18-24,26H2,1-6H3/t28-,34-,35+,37-,38+,39+,44-,45-/m0/s1. The summed E-state index contributed by atoms with van der Waals surface area (Å²) < 4.78 is 24.6. The number of halogens is 1. The summed E-state index contributed by atoms with van der Waals surface area (Å²) in [6.07, 6.45) is 16.1. The average Bonchev–Trinajstić information content (AvgIpc) is 3.47. The van der Waals surface area contributed by atoms with Crippen LogP contribution < -0.4 is 14.9 Å². The Bertz CT molecular complexity index is 1860. The average molecular weight is 774 g/mol. The fourth-order valence-electron chi connectivity index (χ4n) is 11.2. The van der Waals surface area contributed by atoms with Crippen LogP contribution >= 0.6 is 15.9 Å². The fourth-order valence-corrected chi connectivity index (χ4v) is 11.5. The Morgan fingerprint density at radius 3 is 2.50 bits per heavy atom. The third-order valence-corrected chi connectivity index (χ3v) is 14.5. The Kier molecular flexibility index (Phi) is 10.7. The van der Waals surface area contributed by atoms with Gasteiger partial charge < -0.3 is 18.6 Å². The van der Waals surface area contributed by atoms with E-state index in [4.69, 9.17) is 18.6 Å². The van der Waals surface area contributed by atoms with Crippen molar-refractivity contribution in [3.8, 4) is 17.2 Å². The molecule has 1 heterocycles. The number of allylic oxidation sites excluding steroid dienone is 1. The summed E-state index contributed by atoms with van der Waals surface area (Å²) in [5.74, 6) is 5.98. The van der Waals surface area contributed by atoms with Crippen molar-refractivity contribution in [2.45, 2.75) is 118 Å². The lowest BCUT2D eigenvalue weighted by molar-refractivity contribution is -0.153. The van der Waals surface area contributed by atoms with Gasteiger partial charge in [0.25, 0.3) is 0 Å². The minimum absolute atomic E-state index is 0.121. The number of rotatable bonds is 11. The number of hydrogen-bond acceptors (Lipinski definition) is 6. The van der Waals surface area contributed by atoms with Gasteiger partial charge in [0.2, 0.25) is 11.2 Å². The summed E-state index contributed by atoms with van der Waals surface area (Å²) in [5.41, 5.74) is 2.32. The molecule has 0 saturated heterocycles. The van der Waals surface area contributed by atoms with Gasteiger partial charge in [0.15, 0.2) is 6.61 Å². The zero-order chi connectivity index (χ0) is 36.8. The van der Waals surface area contributed by atoms with Crippen LogP contribution in [0.15, 0.2) is 67.8 Å². The Morgan fingerprint density at radius 1 is 0.962 bits per heavy atom. The topological polar surface area (TPSA) is 75.0 Å². The molecule has 0 amide bonds. The second-order valence-corrected chi connectivity index (χ2v) is 18.4. The highest BCUT2D eigenvalue weighted by Gasteiger charge is 2.59. The number of carbonyl (C=O) groups is 1. The molecule has 280 valence electrons. The second kappa shape index (κ2) is 15.0. The normalized spacial score (nSPS) is 30.2. The molecule has 0 unspecified atom stereocenters. The van der Waals surface area contributed by atoms with Crippen LogP contribution in [0.25, 0.3) is 11.0 Å². The van der Waals surface area contributed by atoms with Gasteiger partial charge in [-0.3, -0.25) is 4.79 Å². The van der Waals surface area contributed by atoms with Gasteiger partial charge in [-0.15, -0.1) is 0 Å². The Hall–Kier alpha value is -3.06. The van der Waals surface area contributed by atoms with Crippen LogP contribution in [0.2, 0.25) is 0 Å². The third kappa shape index (κ3) is 7.24. The molecule has 4 aliphatic carbocycles. The predicted octanol–water partition coefficient (Wildman–Crippen LogP) is 12.0. The van der Waals surface area contributed by atoms with Crippen LogP contribution in [0.5, 0.6) is 17.2 Å². The van der Waals surface area contributed by atoms with Crippen molar-refractivity contribution in [3.05, 3.63) is 74.6 Å². The molecule has 0 radical (unpaired) electrons. The van der Waals surface area contributed by atoms with Crippen LogP contribution in [-0.2, 0) is 9.53 Å². The fraction of sp³-hybridized carbons (Fsp3) is 0.600. The first-order valence-corrected chi connectivity index (χ1v) is 20.7. The van der Waals surface area contributed by atoms with Gasteiger partial charge in [0.05, 0.1) is 5.39 Å². The van der Waals surface area contributed by atoms with E-state index in [9.17, 15) is 9.59 Å². The van der Waals surface area contributed by atoms with Gasteiger partial charge in [0.1, 0.15) is 28.9 Å². The van der Waals surface area contributed by atoms with Crippen LogP contribution in [0.4, 0.5) is 0 Å². The Morgan fingerprint density at radius 2 is 1.73 bits per heavy atom. The maximum atomic E-state index is 13.3. The Labute approximate surface area is 318 Å². The highest BCUT2D eigenvalue weighted by Crippen LogP contribution is 2.67. The van der Waals surface area contributed by atoms with Gasteiger partial charge in [-0.1, -0.05) is 81.5 Å². The van der Waals surface area contributed by atoms with E-state index in [1.165, 1.54) is 56.9 Å². The minimum Gasteiger partial charge on any atom is -0.482 e. The van der Waals surface area contributed by atoms with Gasteiger partial charge in [-0.25, -0.2) is 4.79 Å². The summed E-state index contributed by atoms with van der Waals surface area (Å²) in [4.78, 5) is 26.3. The number of carbonyl (C=O) groups excluding carboxylic acids is 1. The lowest BCUT2D eigenvalue weighted by Crippen LogP contribution is -2.51. The lowest BCUT2D eigenvalue weighted by Gasteiger charge is -2.58. The zero-order valence-corrected chi connectivity index (χ0v) is 33.6. The maximum absolute atomic E-state index is 13.3. The Balaban J connectivity index is 0.944. The molecule has 8 atom stereocenters. The molecule has 3 aromatic rings. The van der Waals surface area contributed by atoms with Crippen molar-refractivity contribution in [3.63, 3.8) is 0 Å². The van der Waals surface area contributed by atoms with Crippen LogP contribution in [0, 0.1) is 53.3 Å². The monoisotopic (exact) mass is 772 g/mol. The van der Waals surface area contributed by atoms with E-state index in [1.807, 2.05) is 12.1 Å². The summed E-state index contributed by atoms with van der Waals surface area (Å²) in [6.45, 7) is 13.9. The van der Waals surface area contributed by atoms with Crippen molar-refractivity contribution in [1.29, 1.82) is 0 Å². The number of ether oxygens (including phenoxy) is 3. The maximum Gasteiger partial charge on any atom is 0.344 e. The second-order valence-electron chi connectivity index (χ2n) is 17.5. The van der Waals surface area contributed by atoms with Crippen molar-refractivity contribution in [1.82, 2.24) is 0 Å². The lowest BCUT2D eigenvalue weighted by atomic mass is 9.47. The number of esters is 1. The van der Waals surface area contributed by atoms with Gasteiger partial charge >= 0.3 is 5.97 Å². The smallest absolute Gasteiger partial charge is 0.344 e. The van der Waals surface area contributed by atoms with E-state index in [0.717, 1.165) is 59.2 Å². The van der Waals surface area contributed by atoms with Crippen molar-refractivity contribution < 1.29 is 23.4 Å². The van der Waals surface area contributed by atoms with Crippen molar-refractivity contribution in [2.75, 3.05) is 6.61 Å². The molecular weight excluding hydrogens is 716 g/mol. The van der Waals surface area contributed by atoms with E-state index in [1.54, 1.807) is 37.3 Å². The molecule has 7 rings (SSSR count). The molecule has 0 bridgehead atoms. The van der Waals surface area contributed by atoms with Gasteiger partial charge in [-0.2, -0.15) is 0 Å². The quantitative estimate of drug-likeness (QED) is 0.143. The van der Waals surface area contributed by atoms with Crippen molar-refractivity contribution >= 4 is 32.9 Å². The molecule has 1 aromatic heterocycles.